The van der Waals surface area contributed by atoms with Gasteiger partial charge in [0.25, 0.3) is 0 Å². The minimum absolute atomic E-state index is 0.0232. The van der Waals surface area contributed by atoms with E-state index in [1.807, 2.05) is 0 Å². The average Bonchev–Trinajstić information content (AvgIpc) is 2.56. The molecule has 1 unspecified atom stereocenters. The van der Waals surface area contributed by atoms with Crippen LogP contribution in [-0.2, 0) is 25.4 Å². The molecule has 0 heterocycles. The topological polar surface area (TPSA) is 99.1 Å². The van der Waals surface area contributed by atoms with Crippen LogP contribution in [0, 0.1) is 0 Å². The van der Waals surface area contributed by atoms with Gasteiger partial charge in [-0.25, -0.2) is 14.4 Å². The molecule has 0 amide bonds. The van der Waals surface area contributed by atoms with Gasteiger partial charge in [-0.05, 0) is 25.0 Å². The lowest BCUT2D eigenvalue weighted by Gasteiger charge is -2.14. The maximum atomic E-state index is 12.2. The lowest BCUT2D eigenvalue weighted by molar-refractivity contribution is -0.138. The minimum atomic E-state index is -0.752. The monoisotopic (exact) mass is 336 g/mol. The zero-order chi connectivity index (χ0) is 18.1. The van der Waals surface area contributed by atoms with Crippen molar-refractivity contribution in [3.8, 4) is 0 Å². The Bertz CT molecular complexity index is 619. The molecule has 0 spiro atoms. The molecule has 0 saturated heterocycles. The molecule has 0 fully saturated rings. The van der Waals surface area contributed by atoms with Crippen LogP contribution in [0.5, 0.6) is 0 Å². The molecule has 0 aliphatic heterocycles. The lowest BCUT2D eigenvalue weighted by atomic mass is 9.97. The molecule has 0 bridgehead atoms. The fraction of sp³-hybridized carbons (Fsp3) is 0.353. The average molecular weight is 336 g/mol. The number of hydrogen-bond acceptors (Lipinski definition) is 7. The van der Waals surface area contributed by atoms with Crippen LogP contribution in [-0.4, -0.2) is 49.4 Å². The fourth-order valence-corrected chi connectivity index (χ4v) is 2.02. The number of hydrogen-bond donors (Lipinski definition) is 1. The maximum absolute atomic E-state index is 12.2. The van der Waals surface area contributed by atoms with E-state index in [2.05, 4.69) is 6.58 Å². The van der Waals surface area contributed by atoms with Crippen LogP contribution >= 0.6 is 0 Å². The van der Waals surface area contributed by atoms with Gasteiger partial charge in [-0.2, -0.15) is 0 Å². The molecule has 7 nitrogen and oxygen atoms in total. The van der Waals surface area contributed by atoms with Gasteiger partial charge in [0.1, 0.15) is 13.2 Å². The van der Waals surface area contributed by atoms with Crippen molar-refractivity contribution in [2.45, 2.75) is 19.4 Å². The smallest absolute Gasteiger partial charge is 0.339 e. The summed E-state index contributed by atoms with van der Waals surface area (Å²) < 4.78 is 14.4. The van der Waals surface area contributed by atoms with Crippen molar-refractivity contribution < 1.29 is 33.7 Å². The van der Waals surface area contributed by atoms with Crippen LogP contribution in [0.25, 0.3) is 0 Å². The first-order chi connectivity index (χ1) is 11.4. The fourth-order valence-electron chi connectivity index (χ4n) is 2.02. The number of carbonyl (C=O) groups excluding carboxylic acids is 3. The van der Waals surface area contributed by atoms with Gasteiger partial charge in [-0.1, -0.05) is 18.7 Å². The van der Waals surface area contributed by atoms with E-state index in [1.165, 1.54) is 13.2 Å². The van der Waals surface area contributed by atoms with E-state index in [1.54, 1.807) is 19.1 Å². The van der Waals surface area contributed by atoms with E-state index in [-0.39, 0.29) is 30.8 Å². The second-order valence-corrected chi connectivity index (χ2v) is 4.89. The number of aliphatic hydroxyl groups excluding tert-OH is 1. The number of benzene rings is 1. The highest BCUT2D eigenvalue weighted by molar-refractivity contribution is 6.04. The zero-order valence-corrected chi connectivity index (χ0v) is 13.6. The summed E-state index contributed by atoms with van der Waals surface area (Å²) in [7, 11) is 1.20. The van der Waals surface area contributed by atoms with Crippen molar-refractivity contribution in [2.75, 3.05) is 20.3 Å². The van der Waals surface area contributed by atoms with Gasteiger partial charge < -0.3 is 19.3 Å². The van der Waals surface area contributed by atoms with Crippen molar-refractivity contribution in [3.63, 3.8) is 0 Å². The second-order valence-electron chi connectivity index (χ2n) is 4.89. The van der Waals surface area contributed by atoms with Crippen LogP contribution in [0.4, 0.5) is 0 Å². The SMILES string of the molecule is C=CC(=O)OCCOC(=O)c1cccc(CC(C)O)c1C(=O)OC. The van der Waals surface area contributed by atoms with Gasteiger partial charge in [-0.15, -0.1) is 0 Å². The summed E-state index contributed by atoms with van der Waals surface area (Å²) in [6.45, 7) is 4.52. The highest BCUT2D eigenvalue weighted by atomic mass is 16.6. The Balaban J connectivity index is 2.92. The van der Waals surface area contributed by atoms with Crippen LogP contribution in [0.1, 0.15) is 33.2 Å². The van der Waals surface area contributed by atoms with E-state index >= 15 is 0 Å². The van der Waals surface area contributed by atoms with E-state index in [4.69, 9.17) is 14.2 Å². The summed E-state index contributed by atoms with van der Waals surface area (Å²) >= 11 is 0. The quantitative estimate of drug-likeness (QED) is 0.330. The number of methoxy groups -OCH3 is 1. The molecule has 1 rings (SSSR count). The molecule has 0 aliphatic rings. The van der Waals surface area contributed by atoms with Gasteiger partial charge in [-0.3, -0.25) is 0 Å². The van der Waals surface area contributed by atoms with Crippen molar-refractivity contribution in [1.82, 2.24) is 0 Å². The molecule has 1 aromatic rings. The number of carbonyl (C=O) groups is 3. The third-order valence-corrected chi connectivity index (χ3v) is 3.00. The number of ether oxygens (including phenoxy) is 3. The normalized spacial score (nSPS) is 11.3. The number of esters is 3. The van der Waals surface area contributed by atoms with Crippen LogP contribution in [0.3, 0.4) is 0 Å². The van der Waals surface area contributed by atoms with E-state index in [0.717, 1.165) is 6.08 Å². The predicted molar refractivity (Wildman–Crippen MR) is 84.6 cm³/mol. The number of aliphatic hydroxyl groups is 1. The Kier molecular flexibility index (Phi) is 7.64. The standard InChI is InChI=1S/C17H20O7/c1-4-14(19)23-8-9-24-16(20)13-7-5-6-12(10-11(2)18)15(13)17(21)22-3/h4-7,11,18H,1,8-10H2,2-3H3. The summed E-state index contributed by atoms with van der Waals surface area (Å²) in [4.78, 5) is 35.1. The van der Waals surface area contributed by atoms with Crippen LogP contribution in [0.15, 0.2) is 30.9 Å². The van der Waals surface area contributed by atoms with Gasteiger partial charge in [0.2, 0.25) is 0 Å². The molecule has 1 aromatic carbocycles. The summed E-state index contributed by atoms with van der Waals surface area (Å²) in [6.07, 6.45) is 0.483. The Morgan fingerprint density at radius 3 is 2.46 bits per heavy atom. The van der Waals surface area contributed by atoms with E-state index < -0.39 is 24.0 Å². The van der Waals surface area contributed by atoms with Crippen LogP contribution in [0.2, 0.25) is 0 Å². The highest BCUT2D eigenvalue weighted by Gasteiger charge is 2.23. The Morgan fingerprint density at radius 1 is 1.21 bits per heavy atom. The molecule has 0 aromatic heterocycles. The molecule has 130 valence electrons. The van der Waals surface area contributed by atoms with Crippen LogP contribution < -0.4 is 0 Å². The van der Waals surface area contributed by atoms with Crippen molar-refractivity contribution in [2.24, 2.45) is 0 Å². The molecule has 0 aliphatic carbocycles. The first-order valence-electron chi connectivity index (χ1n) is 7.25. The molecule has 0 radical (unpaired) electrons. The third kappa shape index (κ3) is 5.51. The second kappa shape index (κ2) is 9.46. The minimum Gasteiger partial charge on any atom is -0.465 e. The van der Waals surface area contributed by atoms with E-state index in [9.17, 15) is 19.5 Å². The Hall–Kier alpha value is -2.67. The van der Waals surface area contributed by atoms with Crippen molar-refractivity contribution >= 4 is 17.9 Å². The first-order valence-corrected chi connectivity index (χ1v) is 7.25. The molecule has 0 saturated carbocycles. The maximum Gasteiger partial charge on any atom is 0.339 e. The molecule has 24 heavy (non-hydrogen) atoms. The van der Waals surface area contributed by atoms with Crippen molar-refractivity contribution in [3.05, 3.63) is 47.5 Å². The zero-order valence-electron chi connectivity index (χ0n) is 13.6. The van der Waals surface area contributed by atoms with Gasteiger partial charge in [0.05, 0.1) is 24.3 Å². The van der Waals surface area contributed by atoms with E-state index in [0.29, 0.717) is 5.56 Å². The van der Waals surface area contributed by atoms with Crippen molar-refractivity contribution in [1.29, 1.82) is 0 Å². The number of rotatable bonds is 8. The van der Waals surface area contributed by atoms with Gasteiger partial charge >= 0.3 is 17.9 Å². The summed E-state index contributed by atoms with van der Waals surface area (Å²) in [5.74, 6) is -2.07. The van der Waals surface area contributed by atoms with Gasteiger partial charge in [0, 0.05) is 6.08 Å². The molecule has 1 N–H and O–H groups in total. The first kappa shape index (κ1) is 19.4. The summed E-state index contributed by atoms with van der Waals surface area (Å²) in [6, 6.07) is 4.63. The molecule has 1 atom stereocenters. The Labute approximate surface area is 139 Å². The highest BCUT2D eigenvalue weighted by Crippen LogP contribution is 2.19. The largest absolute Gasteiger partial charge is 0.465 e. The predicted octanol–water partition coefficient (Wildman–Crippen LogP) is 1.28. The molecular formula is C17H20O7. The molecular weight excluding hydrogens is 316 g/mol. The van der Waals surface area contributed by atoms with Gasteiger partial charge in [0.15, 0.2) is 0 Å². The Morgan fingerprint density at radius 2 is 1.88 bits per heavy atom. The summed E-state index contributed by atoms with van der Waals surface area (Å²) in [5, 5.41) is 9.54. The lowest BCUT2D eigenvalue weighted by Crippen LogP contribution is -2.19. The third-order valence-electron chi connectivity index (χ3n) is 3.00. The molecule has 7 heteroatoms. The summed E-state index contributed by atoms with van der Waals surface area (Å²) in [5.41, 5.74) is 0.549.